The second-order valence-electron chi connectivity index (χ2n) is 6.52. The topological polar surface area (TPSA) is 56.2 Å². The number of piperidine rings is 1. The highest BCUT2D eigenvalue weighted by molar-refractivity contribution is 5.87. The van der Waals surface area contributed by atoms with Crippen LogP contribution in [0.5, 0.6) is 0 Å². The number of ether oxygens (including phenoxy) is 1. The first-order valence-electron chi connectivity index (χ1n) is 8.11. The van der Waals surface area contributed by atoms with E-state index in [9.17, 15) is 4.79 Å². The molecule has 0 aromatic heterocycles. The SMILES string of the molecule is CN1CCN(CCO)C(=O)C12CCN(C1CCOC1)CC2. The first-order chi connectivity index (χ1) is 10.2. The van der Waals surface area contributed by atoms with Gasteiger partial charge in [-0.2, -0.15) is 0 Å². The molecule has 0 radical (unpaired) electrons. The summed E-state index contributed by atoms with van der Waals surface area (Å²) in [6.45, 7) is 5.80. The van der Waals surface area contributed by atoms with Crippen LogP contribution in [0.15, 0.2) is 0 Å². The third-order valence-corrected chi connectivity index (χ3v) is 5.54. The summed E-state index contributed by atoms with van der Waals surface area (Å²) in [4.78, 5) is 19.4. The zero-order chi connectivity index (χ0) is 14.9. The van der Waals surface area contributed by atoms with E-state index in [2.05, 4.69) is 16.8 Å². The fourth-order valence-corrected chi connectivity index (χ4v) is 4.04. The maximum Gasteiger partial charge on any atom is 0.243 e. The summed E-state index contributed by atoms with van der Waals surface area (Å²) in [6, 6.07) is 0.542. The standard InChI is InChI=1S/C15H27N3O3/c1-16-7-8-18(9-10-19)14(20)15(16)3-5-17(6-4-15)13-2-11-21-12-13/h13,19H,2-12H2,1H3. The molecule has 0 saturated carbocycles. The third-order valence-electron chi connectivity index (χ3n) is 5.54. The van der Waals surface area contributed by atoms with E-state index < -0.39 is 0 Å². The Balaban J connectivity index is 1.67. The van der Waals surface area contributed by atoms with Crippen LogP contribution in [0.25, 0.3) is 0 Å². The molecule has 3 fully saturated rings. The van der Waals surface area contributed by atoms with Crippen LogP contribution in [-0.2, 0) is 9.53 Å². The summed E-state index contributed by atoms with van der Waals surface area (Å²) < 4.78 is 5.48. The summed E-state index contributed by atoms with van der Waals surface area (Å²) in [6.07, 6.45) is 2.90. The van der Waals surface area contributed by atoms with Crippen LogP contribution in [0.3, 0.4) is 0 Å². The van der Waals surface area contributed by atoms with Crippen molar-refractivity contribution in [1.82, 2.24) is 14.7 Å². The lowest BCUT2D eigenvalue weighted by molar-refractivity contribution is -0.155. The maximum absolute atomic E-state index is 12.9. The molecule has 1 amide bonds. The van der Waals surface area contributed by atoms with Gasteiger partial charge in [0.1, 0.15) is 5.54 Å². The first-order valence-corrected chi connectivity index (χ1v) is 8.11. The molecule has 1 spiro atoms. The molecule has 3 aliphatic heterocycles. The number of hydrogen-bond acceptors (Lipinski definition) is 5. The smallest absolute Gasteiger partial charge is 0.243 e. The van der Waals surface area contributed by atoms with Crippen molar-refractivity contribution in [2.24, 2.45) is 0 Å². The largest absolute Gasteiger partial charge is 0.395 e. The fourth-order valence-electron chi connectivity index (χ4n) is 4.04. The molecule has 1 N–H and O–H groups in total. The number of likely N-dealkylation sites (N-methyl/N-ethyl adjacent to an activating group) is 1. The average molecular weight is 297 g/mol. The highest BCUT2D eigenvalue weighted by Gasteiger charge is 2.49. The number of likely N-dealkylation sites (tertiary alicyclic amines) is 1. The lowest BCUT2D eigenvalue weighted by Crippen LogP contribution is -2.68. The summed E-state index contributed by atoms with van der Waals surface area (Å²) in [5, 5.41) is 9.14. The lowest BCUT2D eigenvalue weighted by Gasteiger charge is -2.52. The molecule has 0 aromatic carbocycles. The number of carbonyl (C=O) groups excluding carboxylic acids is 1. The Morgan fingerprint density at radius 3 is 2.67 bits per heavy atom. The van der Waals surface area contributed by atoms with Crippen molar-refractivity contribution in [2.45, 2.75) is 30.8 Å². The Morgan fingerprint density at radius 1 is 1.29 bits per heavy atom. The van der Waals surface area contributed by atoms with E-state index in [0.717, 1.165) is 58.7 Å². The fraction of sp³-hybridized carbons (Fsp3) is 0.933. The van der Waals surface area contributed by atoms with Crippen LogP contribution in [0.2, 0.25) is 0 Å². The second kappa shape index (κ2) is 6.20. The maximum atomic E-state index is 12.9. The zero-order valence-electron chi connectivity index (χ0n) is 13.0. The molecule has 0 aliphatic carbocycles. The van der Waals surface area contributed by atoms with Crippen molar-refractivity contribution in [1.29, 1.82) is 0 Å². The van der Waals surface area contributed by atoms with Gasteiger partial charge in [0.25, 0.3) is 0 Å². The molecule has 1 atom stereocenters. The number of carbonyl (C=O) groups is 1. The number of aliphatic hydroxyl groups excluding tert-OH is 1. The van der Waals surface area contributed by atoms with E-state index >= 15 is 0 Å². The highest BCUT2D eigenvalue weighted by Crippen LogP contribution is 2.34. The van der Waals surface area contributed by atoms with Gasteiger partial charge in [-0.05, 0) is 26.3 Å². The van der Waals surface area contributed by atoms with Gasteiger partial charge in [0.05, 0.1) is 13.2 Å². The van der Waals surface area contributed by atoms with E-state index in [1.54, 1.807) is 0 Å². The minimum atomic E-state index is -0.344. The van der Waals surface area contributed by atoms with Crippen LogP contribution in [0, 0.1) is 0 Å². The van der Waals surface area contributed by atoms with E-state index in [1.807, 2.05) is 4.90 Å². The first kappa shape index (κ1) is 15.2. The van der Waals surface area contributed by atoms with Crippen molar-refractivity contribution < 1.29 is 14.6 Å². The predicted octanol–water partition coefficient (Wildman–Crippen LogP) is -0.624. The Labute approximate surface area is 126 Å². The number of aliphatic hydroxyl groups is 1. The number of piperazine rings is 1. The van der Waals surface area contributed by atoms with E-state index in [0.29, 0.717) is 12.6 Å². The monoisotopic (exact) mass is 297 g/mol. The van der Waals surface area contributed by atoms with Gasteiger partial charge in [-0.25, -0.2) is 0 Å². The lowest BCUT2D eigenvalue weighted by atomic mass is 9.82. The van der Waals surface area contributed by atoms with E-state index in [-0.39, 0.29) is 18.1 Å². The highest BCUT2D eigenvalue weighted by atomic mass is 16.5. The van der Waals surface area contributed by atoms with Crippen LogP contribution < -0.4 is 0 Å². The van der Waals surface area contributed by atoms with Crippen LogP contribution in [0.4, 0.5) is 0 Å². The summed E-state index contributed by atoms with van der Waals surface area (Å²) >= 11 is 0. The van der Waals surface area contributed by atoms with Gasteiger partial charge in [-0.1, -0.05) is 0 Å². The van der Waals surface area contributed by atoms with Crippen molar-refractivity contribution in [2.75, 3.05) is 59.6 Å². The summed E-state index contributed by atoms with van der Waals surface area (Å²) in [7, 11) is 2.07. The molecule has 21 heavy (non-hydrogen) atoms. The average Bonchev–Trinajstić information content (AvgIpc) is 3.03. The van der Waals surface area contributed by atoms with Gasteiger partial charge >= 0.3 is 0 Å². The Hall–Kier alpha value is -0.690. The van der Waals surface area contributed by atoms with Crippen LogP contribution in [-0.4, -0.2) is 96.9 Å². The Morgan fingerprint density at radius 2 is 2.05 bits per heavy atom. The van der Waals surface area contributed by atoms with Gasteiger partial charge in [0.15, 0.2) is 0 Å². The number of rotatable bonds is 3. The molecule has 120 valence electrons. The number of nitrogens with zero attached hydrogens (tertiary/aromatic N) is 3. The van der Waals surface area contributed by atoms with Crippen molar-refractivity contribution in [3.8, 4) is 0 Å². The molecule has 0 aromatic rings. The minimum absolute atomic E-state index is 0.0527. The normalized spacial score (nSPS) is 31.2. The third kappa shape index (κ3) is 2.70. The molecule has 1 unspecified atom stereocenters. The molecule has 6 nitrogen and oxygen atoms in total. The number of β-amino-alcohol motifs (C(OH)–C–C–N with tert-alkyl or cyclic N) is 1. The van der Waals surface area contributed by atoms with Gasteiger partial charge in [-0.15, -0.1) is 0 Å². The van der Waals surface area contributed by atoms with E-state index in [1.165, 1.54) is 0 Å². The van der Waals surface area contributed by atoms with Crippen molar-refractivity contribution >= 4 is 5.91 Å². The molecule has 6 heteroatoms. The molecule has 3 rings (SSSR count). The number of amides is 1. The summed E-state index contributed by atoms with van der Waals surface area (Å²) in [5.41, 5.74) is -0.344. The minimum Gasteiger partial charge on any atom is -0.395 e. The molecule has 3 heterocycles. The van der Waals surface area contributed by atoms with Crippen LogP contribution in [0.1, 0.15) is 19.3 Å². The summed E-state index contributed by atoms with van der Waals surface area (Å²) in [5.74, 6) is 0.215. The predicted molar refractivity (Wildman–Crippen MR) is 79.1 cm³/mol. The molecule has 3 saturated heterocycles. The van der Waals surface area contributed by atoms with Crippen molar-refractivity contribution in [3.05, 3.63) is 0 Å². The molecule has 3 aliphatic rings. The zero-order valence-corrected chi connectivity index (χ0v) is 13.0. The van der Waals surface area contributed by atoms with Gasteiger partial charge < -0.3 is 14.7 Å². The Bertz CT molecular complexity index is 376. The van der Waals surface area contributed by atoms with Gasteiger partial charge in [0.2, 0.25) is 5.91 Å². The van der Waals surface area contributed by atoms with Crippen LogP contribution >= 0.6 is 0 Å². The molecule has 0 bridgehead atoms. The van der Waals surface area contributed by atoms with Gasteiger partial charge in [0, 0.05) is 45.4 Å². The molecular formula is C15H27N3O3. The van der Waals surface area contributed by atoms with Crippen molar-refractivity contribution in [3.63, 3.8) is 0 Å². The Kier molecular flexibility index (Phi) is 4.49. The quantitative estimate of drug-likeness (QED) is 0.752. The second-order valence-corrected chi connectivity index (χ2v) is 6.52. The van der Waals surface area contributed by atoms with E-state index in [4.69, 9.17) is 9.84 Å². The molecular weight excluding hydrogens is 270 g/mol. The number of hydrogen-bond donors (Lipinski definition) is 1. The van der Waals surface area contributed by atoms with Gasteiger partial charge in [-0.3, -0.25) is 14.6 Å².